The lowest BCUT2D eigenvalue weighted by atomic mass is 10.2. The van der Waals surface area contributed by atoms with E-state index in [0.717, 1.165) is 5.56 Å². The summed E-state index contributed by atoms with van der Waals surface area (Å²) >= 11 is 0. The fraction of sp³-hybridized carbons (Fsp3) is 0.176. The zero-order valence-corrected chi connectivity index (χ0v) is 11.1. The average Bonchev–Trinajstić information content (AvgIpc) is 2.37. The van der Waals surface area contributed by atoms with Gasteiger partial charge in [0, 0.05) is 0 Å². The summed E-state index contributed by atoms with van der Waals surface area (Å²) in [5.74, 6) is 0. The minimum Gasteiger partial charge on any atom is -0.0654 e. The number of rotatable bonds is 0. The Morgan fingerprint density at radius 1 is 0.647 bits per heavy atom. The summed E-state index contributed by atoms with van der Waals surface area (Å²) in [4.78, 5) is 0. The normalized spacial score (nSPS) is 8.29. The molecular weight excluding hydrogens is 204 g/mol. The maximum absolute atomic E-state index is 3.76. The highest BCUT2D eigenvalue weighted by molar-refractivity contribution is 5.22. The van der Waals surface area contributed by atoms with E-state index in [2.05, 4.69) is 52.0 Å². The van der Waals surface area contributed by atoms with Crippen molar-refractivity contribution in [1.29, 1.82) is 0 Å². The minimum atomic E-state index is 1.08. The lowest BCUT2D eigenvalue weighted by molar-refractivity contribution is 1.45. The average molecular weight is 226 g/mol. The van der Waals surface area contributed by atoms with Gasteiger partial charge in [0.2, 0.25) is 0 Å². The molecule has 0 amide bonds. The van der Waals surface area contributed by atoms with Crippen LogP contribution in [-0.2, 0) is 0 Å². The van der Waals surface area contributed by atoms with Crippen LogP contribution in [0.4, 0.5) is 0 Å². The van der Waals surface area contributed by atoms with Crippen LogP contribution in [0.25, 0.3) is 0 Å². The van der Waals surface area contributed by atoms with Crippen LogP contribution in [0.3, 0.4) is 0 Å². The first-order valence-corrected chi connectivity index (χ1v) is 5.79. The monoisotopic (exact) mass is 226 g/mol. The summed E-state index contributed by atoms with van der Waals surface area (Å²) in [6, 6.07) is 18.4. The van der Waals surface area contributed by atoms with Gasteiger partial charge in [-0.05, 0) is 26.3 Å². The van der Waals surface area contributed by atoms with Gasteiger partial charge in [0.15, 0.2) is 0 Å². The van der Waals surface area contributed by atoms with Gasteiger partial charge < -0.3 is 0 Å². The molecule has 0 heteroatoms. The second-order valence-corrected chi connectivity index (χ2v) is 3.64. The predicted octanol–water partition coefficient (Wildman–Crippen LogP) is 5.01. The Morgan fingerprint density at radius 3 is 1.35 bits per heavy atom. The van der Waals surface area contributed by atoms with Gasteiger partial charge in [-0.25, -0.2) is 0 Å². The largest absolute Gasteiger partial charge is 0.0654 e. The summed E-state index contributed by atoms with van der Waals surface area (Å²) in [5.41, 5.74) is 3.69. The second-order valence-electron chi connectivity index (χ2n) is 3.64. The molecule has 0 aliphatic heterocycles. The third-order valence-corrected chi connectivity index (χ3v) is 2.06. The Labute approximate surface area is 106 Å². The minimum absolute atomic E-state index is 1.08. The maximum Gasteiger partial charge on any atom is -0.0238 e. The van der Waals surface area contributed by atoms with Crippen LogP contribution in [0, 0.1) is 27.7 Å². The van der Waals surface area contributed by atoms with Crippen molar-refractivity contribution in [3.8, 4) is 0 Å². The Kier molecular flexibility index (Phi) is 8.77. The van der Waals surface area contributed by atoms with Gasteiger partial charge in [-0.15, -0.1) is 0 Å². The van der Waals surface area contributed by atoms with E-state index in [1.165, 1.54) is 11.1 Å². The van der Waals surface area contributed by atoms with E-state index in [4.69, 9.17) is 0 Å². The molecule has 0 aromatic heterocycles. The topological polar surface area (TPSA) is 0 Å². The Morgan fingerprint density at radius 2 is 1.06 bits per heavy atom. The summed E-state index contributed by atoms with van der Waals surface area (Å²) in [6.45, 7) is 12.9. The van der Waals surface area contributed by atoms with E-state index in [1.54, 1.807) is 6.92 Å². The molecule has 0 atom stereocenters. The van der Waals surface area contributed by atoms with Crippen LogP contribution in [-0.4, -0.2) is 0 Å². The summed E-state index contributed by atoms with van der Waals surface area (Å²) in [5, 5.41) is 0. The molecule has 2 aromatic rings. The van der Waals surface area contributed by atoms with Gasteiger partial charge in [0.1, 0.15) is 0 Å². The van der Waals surface area contributed by atoms with Gasteiger partial charge >= 0.3 is 0 Å². The molecule has 17 heavy (non-hydrogen) atoms. The summed E-state index contributed by atoms with van der Waals surface area (Å²) in [7, 11) is 0. The quantitative estimate of drug-likeness (QED) is 0.592. The third-order valence-electron chi connectivity index (χ3n) is 2.06. The highest BCUT2D eigenvalue weighted by atomic mass is 13.9. The molecule has 2 aromatic carbocycles. The molecule has 0 saturated carbocycles. The molecular formula is C17H22. The van der Waals surface area contributed by atoms with Gasteiger partial charge in [0.05, 0.1) is 0 Å². The first-order valence-electron chi connectivity index (χ1n) is 5.79. The molecule has 0 unspecified atom stereocenters. The molecule has 0 aliphatic rings. The van der Waals surface area contributed by atoms with E-state index in [-0.39, 0.29) is 0 Å². The first-order chi connectivity index (χ1) is 8.18. The molecule has 0 fully saturated rings. The van der Waals surface area contributed by atoms with Crippen LogP contribution < -0.4 is 0 Å². The van der Waals surface area contributed by atoms with Crippen molar-refractivity contribution in [1.82, 2.24) is 0 Å². The predicted molar refractivity (Wildman–Crippen MR) is 77.8 cm³/mol. The Hall–Kier alpha value is -1.56. The molecule has 90 valence electrons. The van der Waals surface area contributed by atoms with E-state index in [1.807, 2.05) is 30.3 Å². The van der Waals surface area contributed by atoms with E-state index in [9.17, 15) is 0 Å². The van der Waals surface area contributed by atoms with Crippen molar-refractivity contribution in [2.75, 3.05) is 0 Å². The SMILES string of the molecule is Cc1ccccc1.[CH2]C.[CH2]c1ccc(C)cc1. The molecule has 2 rings (SSSR count). The van der Waals surface area contributed by atoms with Gasteiger partial charge in [-0.1, -0.05) is 79.6 Å². The Balaban J connectivity index is 0.000000265. The van der Waals surface area contributed by atoms with Crippen LogP contribution in [0.2, 0.25) is 0 Å². The molecule has 0 aliphatic carbocycles. The number of benzene rings is 2. The van der Waals surface area contributed by atoms with Crippen LogP contribution >= 0.6 is 0 Å². The summed E-state index contributed by atoms with van der Waals surface area (Å²) < 4.78 is 0. The van der Waals surface area contributed by atoms with Crippen molar-refractivity contribution < 1.29 is 0 Å². The van der Waals surface area contributed by atoms with Crippen molar-refractivity contribution in [3.05, 3.63) is 85.1 Å². The molecule has 0 bridgehead atoms. The molecule has 0 N–H and O–H groups in total. The maximum atomic E-state index is 3.76. The van der Waals surface area contributed by atoms with E-state index in [0.29, 0.717) is 0 Å². The molecule has 0 saturated heterocycles. The zero-order chi connectivity index (χ0) is 13.1. The molecule has 0 heterocycles. The number of hydrogen-bond donors (Lipinski definition) is 0. The van der Waals surface area contributed by atoms with Crippen molar-refractivity contribution in [3.63, 3.8) is 0 Å². The molecule has 0 nitrogen and oxygen atoms in total. The van der Waals surface area contributed by atoms with Crippen molar-refractivity contribution >= 4 is 0 Å². The zero-order valence-electron chi connectivity index (χ0n) is 11.1. The van der Waals surface area contributed by atoms with Crippen LogP contribution in [0.1, 0.15) is 23.6 Å². The fourth-order valence-corrected chi connectivity index (χ4v) is 1.12. The van der Waals surface area contributed by atoms with Crippen LogP contribution in [0.15, 0.2) is 54.6 Å². The van der Waals surface area contributed by atoms with E-state index < -0.39 is 0 Å². The first kappa shape index (κ1) is 15.4. The van der Waals surface area contributed by atoms with Gasteiger partial charge in [-0.2, -0.15) is 0 Å². The van der Waals surface area contributed by atoms with E-state index >= 15 is 0 Å². The number of aryl methyl sites for hydroxylation is 2. The standard InChI is InChI=1S/C8H9.C7H8.C2H5/c1-7-3-5-8(2)6-4-7;1-7-5-3-2-4-6-7;1-2/h3-6H,1H2,2H3;2-6H,1H3;1H2,2H3. The lowest BCUT2D eigenvalue weighted by Crippen LogP contribution is -1.70. The third kappa shape index (κ3) is 8.27. The van der Waals surface area contributed by atoms with Crippen LogP contribution in [0.5, 0.6) is 0 Å². The number of hydrogen-bond acceptors (Lipinski definition) is 0. The molecule has 2 radical (unpaired) electrons. The van der Waals surface area contributed by atoms with Gasteiger partial charge in [-0.3, -0.25) is 0 Å². The summed E-state index contributed by atoms with van der Waals surface area (Å²) in [6.07, 6.45) is 0. The Bertz CT molecular complexity index is 350. The fourth-order valence-electron chi connectivity index (χ4n) is 1.12. The highest BCUT2D eigenvalue weighted by Gasteiger charge is 1.80. The van der Waals surface area contributed by atoms with Crippen molar-refractivity contribution in [2.24, 2.45) is 0 Å². The lowest BCUT2D eigenvalue weighted by Gasteiger charge is -1.89. The van der Waals surface area contributed by atoms with Crippen molar-refractivity contribution in [2.45, 2.75) is 20.8 Å². The highest BCUT2D eigenvalue weighted by Crippen LogP contribution is 1.99. The smallest absolute Gasteiger partial charge is 0.0238 e. The molecule has 0 spiro atoms. The van der Waals surface area contributed by atoms with Gasteiger partial charge in [0.25, 0.3) is 0 Å². The second kappa shape index (κ2) is 9.65.